The average Bonchev–Trinajstić information content (AvgIpc) is 3.03. The number of carboxylic acids is 1. The third-order valence-electron chi connectivity index (χ3n) is 4.12. The van der Waals surface area contributed by atoms with Gasteiger partial charge in [-0.2, -0.15) is 0 Å². The van der Waals surface area contributed by atoms with Gasteiger partial charge in [-0.05, 0) is 43.4 Å². The molecule has 1 aromatic rings. The smallest absolute Gasteiger partial charge is 0.335 e. The first-order valence-corrected chi connectivity index (χ1v) is 7.03. The fourth-order valence-corrected chi connectivity index (χ4v) is 3.28. The Bertz CT molecular complexity index is 576. The summed E-state index contributed by atoms with van der Waals surface area (Å²) in [7, 11) is 0. The minimum Gasteiger partial charge on any atom is -0.478 e. The van der Waals surface area contributed by atoms with Crippen LogP contribution in [-0.2, 0) is 0 Å². The summed E-state index contributed by atoms with van der Waals surface area (Å²) in [5.41, 5.74) is 0.451. The predicted molar refractivity (Wildman–Crippen MR) is 75.3 cm³/mol. The molecule has 2 fully saturated rings. The first kappa shape index (κ1) is 13.2. The van der Waals surface area contributed by atoms with Crippen molar-refractivity contribution in [1.82, 2.24) is 4.90 Å². The molecule has 2 N–H and O–H groups in total. The number of carboxylic acid groups (broad SMARTS) is 1. The molecule has 1 aliphatic heterocycles. The van der Waals surface area contributed by atoms with Gasteiger partial charge in [-0.25, -0.2) is 9.59 Å². The van der Waals surface area contributed by atoms with Crippen LogP contribution in [0.25, 0.3) is 0 Å². The summed E-state index contributed by atoms with van der Waals surface area (Å²) in [6.45, 7) is 0.784. The number of nitrogens with one attached hydrogen (secondary N) is 1. The van der Waals surface area contributed by atoms with E-state index in [-0.39, 0.29) is 11.6 Å². The SMILES string of the molecule is O=C(O)c1ccc(Cl)c(NC(=O)N2CC3CCC2C3)c1. The summed E-state index contributed by atoms with van der Waals surface area (Å²) in [5, 5.41) is 12.0. The number of hydrogen-bond acceptors (Lipinski definition) is 2. The lowest BCUT2D eigenvalue weighted by atomic mass is 10.1. The first-order chi connectivity index (χ1) is 9.54. The number of fused-ring (bicyclic) bond motifs is 2. The van der Waals surface area contributed by atoms with Crippen molar-refractivity contribution in [2.45, 2.75) is 25.3 Å². The zero-order valence-corrected chi connectivity index (χ0v) is 11.6. The lowest BCUT2D eigenvalue weighted by Crippen LogP contribution is -2.40. The number of nitrogens with zero attached hydrogens (tertiary/aromatic N) is 1. The van der Waals surface area contributed by atoms with E-state index in [9.17, 15) is 9.59 Å². The molecule has 3 rings (SSSR count). The summed E-state index contributed by atoms with van der Waals surface area (Å²) in [4.78, 5) is 25.0. The van der Waals surface area contributed by atoms with E-state index in [0.29, 0.717) is 22.7 Å². The number of halogens is 1. The number of aromatic carboxylic acids is 1. The molecule has 1 heterocycles. The minimum atomic E-state index is -1.04. The first-order valence-electron chi connectivity index (χ1n) is 6.65. The van der Waals surface area contributed by atoms with Crippen LogP contribution in [0.4, 0.5) is 10.5 Å². The molecule has 106 valence electrons. The number of piperidine rings is 1. The Morgan fingerprint density at radius 3 is 2.75 bits per heavy atom. The number of hydrogen-bond donors (Lipinski definition) is 2. The molecule has 2 bridgehead atoms. The standard InChI is InChI=1S/C14H15ClN2O3/c15-11-4-2-9(13(18)19)6-12(11)16-14(20)17-7-8-1-3-10(17)5-8/h2,4,6,8,10H,1,3,5,7H2,(H,16,20)(H,18,19). The maximum absolute atomic E-state index is 12.2. The maximum Gasteiger partial charge on any atom is 0.335 e. The van der Waals surface area contributed by atoms with Crippen LogP contribution in [0.5, 0.6) is 0 Å². The van der Waals surface area contributed by atoms with Crippen molar-refractivity contribution in [3.8, 4) is 0 Å². The topological polar surface area (TPSA) is 69.6 Å². The van der Waals surface area contributed by atoms with E-state index in [1.54, 1.807) is 0 Å². The Balaban J connectivity index is 1.75. The average molecular weight is 295 g/mol. The summed E-state index contributed by atoms with van der Waals surface area (Å²) in [6.07, 6.45) is 3.33. The van der Waals surface area contributed by atoms with Crippen LogP contribution in [-0.4, -0.2) is 34.6 Å². The number of carbonyl (C=O) groups is 2. The molecule has 2 amide bonds. The van der Waals surface area contributed by atoms with Crippen LogP contribution in [0.1, 0.15) is 29.6 Å². The highest BCUT2D eigenvalue weighted by Crippen LogP contribution is 2.37. The molecule has 1 saturated heterocycles. The number of benzene rings is 1. The van der Waals surface area contributed by atoms with Gasteiger partial charge in [-0.3, -0.25) is 0 Å². The van der Waals surface area contributed by atoms with Gasteiger partial charge in [-0.15, -0.1) is 0 Å². The van der Waals surface area contributed by atoms with E-state index < -0.39 is 5.97 Å². The zero-order valence-electron chi connectivity index (χ0n) is 10.8. The van der Waals surface area contributed by atoms with Crippen LogP contribution >= 0.6 is 11.6 Å². The highest BCUT2D eigenvalue weighted by atomic mass is 35.5. The molecular weight excluding hydrogens is 280 g/mol. The monoisotopic (exact) mass is 294 g/mol. The second-order valence-electron chi connectivity index (χ2n) is 5.42. The Labute approximate surface area is 121 Å². The Hall–Kier alpha value is -1.75. The molecule has 1 aromatic carbocycles. The van der Waals surface area contributed by atoms with Crippen LogP contribution in [0, 0.1) is 5.92 Å². The van der Waals surface area contributed by atoms with Crippen LogP contribution in [0.15, 0.2) is 18.2 Å². The molecule has 5 nitrogen and oxygen atoms in total. The fourth-order valence-electron chi connectivity index (χ4n) is 3.11. The minimum absolute atomic E-state index is 0.104. The molecule has 0 spiro atoms. The van der Waals surface area contributed by atoms with E-state index in [2.05, 4.69) is 5.32 Å². The molecule has 2 atom stereocenters. The van der Waals surface area contributed by atoms with Gasteiger partial charge in [0, 0.05) is 12.6 Å². The molecule has 1 saturated carbocycles. The van der Waals surface area contributed by atoms with Crippen molar-refractivity contribution in [2.24, 2.45) is 5.92 Å². The van der Waals surface area contributed by atoms with Gasteiger partial charge in [0.05, 0.1) is 16.3 Å². The van der Waals surface area contributed by atoms with Crippen molar-refractivity contribution < 1.29 is 14.7 Å². The largest absolute Gasteiger partial charge is 0.478 e. The number of carbonyl (C=O) groups excluding carboxylic acids is 1. The molecule has 2 aliphatic rings. The van der Waals surface area contributed by atoms with E-state index in [4.69, 9.17) is 16.7 Å². The summed E-state index contributed by atoms with van der Waals surface area (Å²) >= 11 is 6.00. The lowest BCUT2D eigenvalue weighted by Gasteiger charge is -2.27. The Morgan fingerprint density at radius 2 is 2.15 bits per heavy atom. The lowest BCUT2D eigenvalue weighted by molar-refractivity contribution is 0.0697. The van der Waals surface area contributed by atoms with Gasteiger partial charge in [0.2, 0.25) is 0 Å². The normalized spacial score (nSPS) is 23.9. The summed E-state index contributed by atoms with van der Waals surface area (Å²) in [5.74, 6) is -0.427. The maximum atomic E-state index is 12.2. The van der Waals surface area contributed by atoms with Crippen LogP contribution in [0.2, 0.25) is 5.02 Å². The van der Waals surface area contributed by atoms with Crippen LogP contribution < -0.4 is 5.32 Å². The van der Waals surface area contributed by atoms with Gasteiger partial charge in [0.25, 0.3) is 0 Å². The number of urea groups is 1. The quantitative estimate of drug-likeness (QED) is 0.881. The molecule has 0 aromatic heterocycles. The van der Waals surface area contributed by atoms with Crippen molar-refractivity contribution in [2.75, 3.05) is 11.9 Å². The van der Waals surface area contributed by atoms with E-state index >= 15 is 0 Å². The van der Waals surface area contributed by atoms with Crippen molar-refractivity contribution in [1.29, 1.82) is 0 Å². The zero-order chi connectivity index (χ0) is 14.3. The van der Waals surface area contributed by atoms with Gasteiger partial charge in [0.1, 0.15) is 0 Å². The Morgan fingerprint density at radius 1 is 1.35 bits per heavy atom. The second kappa shape index (κ2) is 4.98. The highest BCUT2D eigenvalue weighted by molar-refractivity contribution is 6.33. The van der Waals surface area contributed by atoms with E-state index in [0.717, 1.165) is 19.4 Å². The third kappa shape index (κ3) is 2.33. The number of amides is 2. The molecule has 0 radical (unpaired) electrons. The highest BCUT2D eigenvalue weighted by Gasteiger charge is 2.40. The molecule has 6 heteroatoms. The van der Waals surface area contributed by atoms with Crippen LogP contribution in [0.3, 0.4) is 0 Å². The van der Waals surface area contributed by atoms with Gasteiger partial charge < -0.3 is 15.3 Å². The summed E-state index contributed by atoms with van der Waals surface area (Å²) < 4.78 is 0. The number of rotatable bonds is 2. The second-order valence-corrected chi connectivity index (χ2v) is 5.82. The van der Waals surface area contributed by atoms with E-state index in [1.807, 2.05) is 4.90 Å². The van der Waals surface area contributed by atoms with Crippen molar-refractivity contribution >= 4 is 29.3 Å². The van der Waals surface area contributed by atoms with Gasteiger partial charge in [-0.1, -0.05) is 11.6 Å². The third-order valence-corrected chi connectivity index (χ3v) is 4.45. The molecule has 1 aliphatic carbocycles. The molecular formula is C14H15ClN2O3. The summed E-state index contributed by atoms with van der Waals surface area (Å²) in [6, 6.07) is 4.41. The fraction of sp³-hybridized carbons (Fsp3) is 0.429. The van der Waals surface area contributed by atoms with E-state index in [1.165, 1.54) is 24.6 Å². The van der Waals surface area contributed by atoms with Crippen molar-refractivity contribution in [3.63, 3.8) is 0 Å². The number of likely N-dealkylation sites (tertiary alicyclic amines) is 1. The van der Waals surface area contributed by atoms with Gasteiger partial charge in [0.15, 0.2) is 0 Å². The van der Waals surface area contributed by atoms with Gasteiger partial charge >= 0.3 is 12.0 Å². The molecule has 20 heavy (non-hydrogen) atoms. The molecule has 2 unspecified atom stereocenters. The Kier molecular flexibility index (Phi) is 3.30. The van der Waals surface area contributed by atoms with Crippen molar-refractivity contribution in [3.05, 3.63) is 28.8 Å². The number of anilines is 1. The predicted octanol–water partition coefficient (Wildman–Crippen LogP) is 3.05.